The van der Waals surface area contributed by atoms with E-state index in [1.165, 1.54) is 12.1 Å². The molecular weight excluding hydrogens is 486 g/mol. The first-order valence-corrected chi connectivity index (χ1v) is 11.6. The predicted molar refractivity (Wildman–Crippen MR) is 129 cm³/mol. The van der Waals surface area contributed by atoms with Crippen molar-refractivity contribution in [2.45, 2.75) is 19.4 Å². The molecule has 12 heteroatoms. The van der Waals surface area contributed by atoms with E-state index in [4.69, 9.17) is 9.47 Å². The molecule has 10 nitrogen and oxygen atoms in total. The number of nitrogens with one attached hydrogen (secondary N) is 1. The van der Waals surface area contributed by atoms with E-state index in [1.54, 1.807) is 33.8 Å². The summed E-state index contributed by atoms with van der Waals surface area (Å²) < 4.78 is 37.2. The van der Waals surface area contributed by atoms with Crippen molar-refractivity contribution in [3.05, 3.63) is 63.7 Å². The van der Waals surface area contributed by atoms with Crippen LogP contribution in [-0.4, -0.2) is 69.9 Å². The van der Waals surface area contributed by atoms with Gasteiger partial charge in [-0.2, -0.15) is 10.4 Å². The first-order chi connectivity index (χ1) is 17.9. The molecule has 0 aliphatic carbocycles. The third-order valence-electron chi connectivity index (χ3n) is 6.03. The third kappa shape index (κ3) is 5.12. The van der Waals surface area contributed by atoms with Gasteiger partial charge in [0, 0.05) is 24.5 Å². The van der Waals surface area contributed by atoms with E-state index >= 15 is 0 Å². The van der Waals surface area contributed by atoms with Crippen molar-refractivity contribution in [3.63, 3.8) is 0 Å². The van der Waals surface area contributed by atoms with Gasteiger partial charge in [0.2, 0.25) is 11.3 Å². The Hall–Kier alpha value is -4.37. The lowest BCUT2D eigenvalue weighted by Crippen LogP contribution is -2.42. The van der Waals surface area contributed by atoms with Gasteiger partial charge < -0.3 is 19.4 Å². The number of H-pyrrole nitrogens is 1. The number of aromatic amines is 1. The van der Waals surface area contributed by atoms with Gasteiger partial charge in [-0.25, -0.2) is 13.8 Å². The Kier molecular flexibility index (Phi) is 6.78. The van der Waals surface area contributed by atoms with Gasteiger partial charge in [-0.15, -0.1) is 0 Å². The monoisotopic (exact) mass is 508 g/mol. The van der Waals surface area contributed by atoms with Crippen LogP contribution in [0.2, 0.25) is 0 Å². The maximum atomic E-state index is 13.1. The van der Waals surface area contributed by atoms with E-state index in [0.717, 1.165) is 0 Å². The van der Waals surface area contributed by atoms with Crippen LogP contribution < -0.4 is 10.2 Å². The maximum absolute atomic E-state index is 13.1. The molecule has 1 aliphatic rings. The average Bonchev–Trinajstić information content (AvgIpc) is 3.31. The first kappa shape index (κ1) is 24.3. The molecule has 1 N–H and O–H groups in total. The summed E-state index contributed by atoms with van der Waals surface area (Å²) in [4.78, 5) is 35.2. The Morgan fingerprint density at radius 1 is 1.24 bits per heavy atom. The number of carbonyl (C=O) groups excluding carboxylic acids is 1. The molecule has 0 atom stereocenters. The van der Waals surface area contributed by atoms with Gasteiger partial charge in [0.15, 0.2) is 0 Å². The van der Waals surface area contributed by atoms with Gasteiger partial charge in [0.1, 0.15) is 29.9 Å². The normalized spacial score (nSPS) is 13.8. The number of rotatable bonds is 7. The van der Waals surface area contributed by atoms with Gasteiger partial charge in [-0.05, 0) is 18.2 Å². The number of amides is 1. The van der Waals surface area contributed by atoms with Crippen LogP contribution in [0.25, 0.3) is 21.9 Å². The number of benzene rings is 2. The Morgan fingerprint density at radius 3 is 2.78 bits per heavy atom. The zero-order valence-electron chi connectivity index (χ0n) is 19.6. The quantitative estimate of drug-likeness (QED) is 0.406. The number of hydrogen-bond acceptors (Lipinski definition) is 7. The SMILES string of the molecule is N#Cc1cc2[nH]c(Cn3nc(CC(=O)N4CCOCC4)c(=O)c4ccccc43)nc2cc1OCC(F)F. The predicted octanol–water partition coefficient (Wildman–Crippen LogP) is 2.24. The second-order valence-electron chi connectivity index (χ2n) is 8.48. The van der Waals surface area contributed by atoms with E-state index in [9.17, 15) is 23.6 Å². The fourth-order valence-corrected chi connectivity index (χ4v) is 4.26. The molecular formula is C25H22F2N6O4. The molecule has 1 aliphatic heterocycles. The van der Waals surface area contributed by atoms with Crippen molar-refractivity contribution < 1.29 is 23.0 Å². The van der Waals surface area contributed by atoms with Crippen LogP contribution >= 0.6 is 0 Å². The highest BCUT2D eigenvalue weighted by molar-refractivity contribution is 5.82. The third-order valence-corrected chi connectivity index (χ3v) is 6.03. The lowest BCUT2D eigenvalue weighted by Gasteiger charge is -2.26. The Morgan fingerprint density at radius 2 is 2.03 bits per heavy atom. The smallest absolute Gasteiger partial charge is 0.272 e. The number of nitrogens with zero attached hydrogens (tertiary/aromatic N) is 5. The number of morpholine rings is 1. The van der Waals surface area contributed by atoms with Crippen molar-refractivity contribution in [2.24, 2.45) is 0 Å². The number of alkyl halides is 2. The van der Waals surface area contributed by atoms with Crippen LogP contribution in [0.15, 0.2) is 41.2 Å². The zero-order valence-corrected chi connectivity index (χ0v) is 19.6. The van der Waals surface area contributed by atoms with Crippen LogP contribution in [0.5, 0.6) is 5.75 Å². The van der Waals surface area contributed by atoms with Crippen molar-refractivity contribution in [1.82, 2.24) is 24.6 Å². The van der Waals surface area contributed by atoms with Crippen LogP contribution in [0, 0.1) is 11.3 Å². The van der Waals surface area contributed by atoms with Crippen LogP contribution in [0.1, 0.15) is 17.1 Å². The molecule has 0 bridgehead atoms. The molecule has 0 saturated carbocycles. The summed E-state index contributed by atoms with van der Waals surface area (Å²) in [7, 11) is 0. The van der Waals surface area contributed by atoms with Gasteiger partial charge in [0.25, 0.3) is 6.43 Å². The summed E-state index contributed by atoms with van der Waals surface area (Å²) in [5, 5.41) is 14.3. The van der Waals surface area contributed by atoms with Crippen molar-refractivity contribution in [2.75, 3.05) is 32.9 Å². The van der Waals surface area contributed by atoms with Crippen molar-refractivity contribution >= 4 is 27.8 Å². The summed E-state index contributed by atoms with van der Waals surface area (Å²) in [5.74, 6) is 0.277. The topological polar surface area (TPSA) is 126 Å². The fourth-order valence-electron chi connectivity index (χ4n) is 4.26. The van der Waals surface area contributed by atoms with Gasteiger partial charge in [0.05, 0.1) is 48.3 Å². The molecule has 3 heterocycles. The molecule has 1 saturated heterocycles. The molecule has 190 valence electrons. The average molecular weight is 508 g/mol. The summed E-state index contributed by atoms with van der Waals surface area (Å²) in [6.07, 6.45) is -2.82. The summed E-state index contributed by atoms with van der Waals surface area (Å²) >= 11 is 0. The van der Waals surface area contributed by atoms with Crippen molar-refractivity contribution in [3.8, 4) is 11.8 Å². The highest BCUT2D eigenvalue weighted by Crippen LogP contribution is 2.25. The zero-order chi connectivity index (χ0) is 25.9. The van der Waals surface area contributed by atoms with Crippen LogP contribution in [-0.2, 0) is 22.5 Å². The number of nitriles is 1. The Labute approximate surface area is 209 Å². The highest BCUT2D eigenvalue weighted by atomic mass is 19.3. The standard InChI is InChI=1S/C25H22F2N6O4/c26-22(27)14-37-21-10-18-17(9-15(21)12-28)29-23(30-18)13-33-20-4-2-1-3-16(20)25(35)19(31-33)11-24(34)32-5-7-36-8-6-32/h1-4,9-10,22H,5-8,11,13-14H2,(H,29,30). The Bertz CT molecular complexity index is 1570. The lowest BCUT2D eigenvalue weighted by molar-refractivity contribution is -0.134. The van der Waals surface area contributed by atoms with Crippen LogP contribution in [0.3, 0.4) is 0 Å². The molecule has 0 spiro atoms. The summed E-state index contributed by atoms with van der Waals surface area (Å²) in [6.45, 7) is 1.13. The van der Waals surface area contributed by atoms with Crippen molar-refractivity contribution in [1.29, 1.82) is 5.26 Å². The van der Waals surface area contributed by atoms with E-state index in [0.29, 0.717) is 54.1 Å². The molecule has 37 heavy (non-hydrogen) atoms. The van der Waals surface area contributed by atoms with E-state index < -0.39 is 13.0 Å². The Balaban J connectivity index is 1.49. The molecule has 0 radical (unpaired) electrons. The van der Waals surface area contributed by atoms with Crippen LogP contribution in [0.4, 0.5) is 8.78 Å². The van der Waals surface area contributed by atoms with Gasteiger partial charge in [-0.3, -0.25) is 14.3 Å². The first-order valence-electron chi connectivity index (χ1n) is 11.6. The molecule has 1 amide bonds. The number of para-hydroxylation sites is 1. The van der Waals surface area contributed by atoms with E-state index in [2.05, 4.69) is 15.1 Å². The second-order valence-corrected chi connectivity index (χ2v) is 8.48. The molecule has 2 aromatic heterocycles. The summed E-state index contributed by atoms with van der Waals surface area (Å²) in [6, 6.07) is 11.8. The minimum atomic E-state index is -2.68. The number of carbonyl (C=O) groups is 1. The number of aromatic nitrogens is 4. The molecule has 1 fully saturated rings. The number of hydrogen-bond donors (Lipinski definition) is 1. The largest absolute Gasteiger partial charge is 0.486 e. The minimum Gasteiger partial charge on any atom is -0.486 e. The maximum Gasteiger partial charge on any atom is 0.272 e. The number of halogens is 2. The summed E-state index contributed by atoms with van der Waals surface area (Å²) in [5.41, 5.74) is 1.42. The van der Waals surface area contributed by atoms with Gasteiger partial charge in [-0.1, -0.05) is 12.1 Å². The number of ether oxygens (including phenoxy) is 2. The van der Waals surface area contributed by atoms with Gasteiger partial charge >= 0.3 is 0 Å². The highest BCUT2D eigenvalue weighted by Gasteiger charge is 2.21. The van der Waals surface area contributed by atoms with E-state index in [-0.39, 0.29) is 41.3 Å². The number of fused-ring (bicyclic) bond motifs is 2. The second kappa shape index (κ2) is 10.3. The lowest BCUT2D eigenvalue weighted by atomic mass is 10.1. The minimum absolute atomic E-state index is 0.0178. The molecule has 4 aromatic rings. The fraction of sp³-hybridized carbons (Fsp3) is 0.320. The molecule has 0 unspecified atom stereocenters. The van der Waals surface area contributed by atoms with E-state index in [1.807, 2.05) is 6.07 Å². The molecule has 2 aromatic carbocycles. The molecule has 5 rings (SSSR count). The number of imidazole rings is 1.